The van der Waals surface area contributed by atoms with Crippen LogP contribution in [0.5, 0.6) is 0 Å². The molecular formula is C21H25ClN2O. The van der Waals surface area contributed by atoms with Crippen LogP contribution in [-0.2, 0) is 6.54 Å². The van der Waals surface area contributed by atoms with Gasteiger partial charge in [0, 0.05) is 18.3 Å². The normalized spacial score (nSPS) is 15.3. The van der Waals surface area contributed by atoms with E-state index < -0.39 is 0 Å². The van der Waals surface area contributed by atoms with Gasteiger partial charge in [0.25, 0.3) is 5.91 Å². The molecule has 0 spiro atoms. The van der Waals surface area contributed by atoms with Gasteiger partial charge in [-0.3, -0.25) is 9.69 Å². The van der Waals surface area contributed by atoms with Gasteiger partial charge in [0.15, 0.2) is 0 Å². The van der Waals surface area contributed by atoms with Gasteiger partial charge in [-0.25, -0.2) is 0 Å². The monoisotopic (exact) mass is 356 g/mol. The molecule has 0 unspecified atom stereocenters. The fraction of sp³-hybridized carbons (Fsp3) is 0.381. The van der Waals surface area contributed by atoms with E-state index in [-0.39, 0.29) is 5.91 Å². The fourth-order valence-corrected chi connectivity index (χ4v) is 3.76. The highest BCUT2D eigenvalue weighted by Crippen LogP contribution is 2.25. The minimum atomic E-state index is -0.168. The lowest BCUT2D eigenvalue weighted by Crippen LogP contribution is -2.33. The lowest BCUT2D eigenvalue weighted by molar-refractivity contribution is 0.102. The second-order valence-corrected chi connectivity index (χ2v) is 7.21. The molecule has 4 heteroatoms. The largest absolute Gasteiger partial charge is 0.322 e. The standard InChI is InChI=1S/C21H25ClN2O/c1-24(17-10-3-2-4-11-17)15-16-9-5-8-14-20(16)23-21(25)18-12-6-7-13-19(18)22/h5-9,12-14,17H,2-4,10-11,15H2,1H3,(H,23,25). The molecule has 1 amide bonds. The van der Waals surface area contributed by atoms with Crippen LogP contribution in [0, 0.1) is 0 Å². The molecule has 2 aromatic carbocycles. The van der Waals surface area contributed by atoms with Gasteiger partial charge in [-0.1, -0.05) is 61.2 Å². The van der Waals surface area contributed by atoms with Crippen molar-refractivity contribution in [1.29, 1.82) is 0 Å². The molecule has 3 nitrogen and oxygen atoms in total. The van der Waals surface area contributed by atoms with Gasteiger partial charge in [-0.05, 0) is 43.7 Å². The number of carbonyl (C=O) groups excluding carboxylic acids is 1. The predicted octanol–water partition coefficient (Wildman–Crippen LogP) is 5.36. The van der Waals surface area contributed by atoms with Crippen LogP contribution in [0.4, 0.5) is 5.69 Å². The molecule has 132 valence electrons. The van der Waals surface area contributed by atoms with Crippen molar-refractivity contribution >= 4 is 23.2 Å². The maximum atomic E-state index is 12.6. The first-order valence-corrected chi connectivity index (χ1v) is 9.37. The lowest BCUT2D eigenvalue weighted by atomic mass is 9.94. The summed E-state index contributed by atoms with van der Waals surface area (Å²) in [7, 11) is 2.18. The SMILES string of the molecule is CN(Cc1ccccc1NC(=O)c1ccccc1Cl)C1CCCCC1. The van der Waals surface area contributed by atoms with Gasteiger partial charge in [-0.2, -0.15) is 0 Å². The van der Waals surface area contributed by atoms with E-state index in [9.17, 15) is 4.79 Å². The molecule has 25 heavy (non-hydrogen) atoms. The number of hydrogen-bond acceptors (Lipinski definition) is 2. The smallest absolute Gasteiger partial charge is 0.257 e. The molecule has 0 heterocycles. The molecule has 1 N–H and O–H groups in total. The summed E-state index contributed by atoms with van der Waals surface area (Å²) in [5.41, 5.74) is 2.49. The van der Waals surface area contributed by atoms with Gasteiger partial charge in [0.2, 0.25) is 0 Å². The Hall–Kier alpha value is -1.84. The molecule has 1 aliphatic rings. The molecule has 0 radical (unpaired) electrons. The number of para-hydroxylation sites is 1. The number of amides is 1. The molecule has 3 rings (SSSR count). The van der Waals surface area contributed by atoms with Crippen LogP contribution in [0.2, 0.25) is 5.02 Å². The molecule has 1 saturated carbocycles. The summed E-state index contributed by atoms with van der Waals surface area (Å²) in [6.45, 7) is 0.837. The third-order valence-corrected chi connectivity index (χ3v) is 5.33. The van der Waals surface area contributed by atoms with Crippen molar-refractivity contribution in [2.45, 2.75) is 44.7 Å². The Bertz CT molecular complexity index is 725. The maximum absolute atomic E-state index is 12.6. The summed E-state index contributed by atoms with van der Waals surface area (Å²) in [4.78, 5) is 15.0. The third kappa shape index (κ3) is 4.62. The van der Waals surface area contributed by atoms with Crippen molar-refractivity contribution in [1.82, 2.24) is 4.90 Å². The molecular weight excluding hydrogens is 332 g/mol. The van der Waals surface area contributed by atoms with Crippen LogP contribution in [0.25, 0.3) is 0 Å². The van der Waals surface area contributed by atoms with Crippen LogP contribution >= 0.6 is 11.6 Å². The Morgan fingerprint density at radius 3 is 2.52 bits per heavy atom. The Balaban J connectivity index is 1.72. The lowest BCUT2D eigenvalue weighted by Gasteiger charge is -2.31. The summed E-state index contributed by atoms with van der Waals surface area (Å²) < 4.78 is 0. The van der Waals surface area contributed by atoms with E-state index in [4.69, 9.17) is 11.6 Å². The van der Waals surface area contributed by atoms with Crippen molar-refractivity contribution in [2.75, 3.05) is 12.4 Å². The number of hydrogen-bond donors (Lipinski definition) is 1. The second kappa shape index (κ2) is 8.50. The van der Waals surface area contributed by atoms with Crippen LogP contribution < -0.4 is 5.32 Å². The Morgan fingerprint density at radius 2 is 1.76 bits per heavy atom. The zero-order valence-corrected chi connectivity index (χ0v) is 15.4. The highest BCUT2D eigenvalue weighted by molar-refractivity contribution is 6.34. The molecule has 0 aliphatic heterocycles. The van der Waals surface area contributed by atoms with Gasteiger partial charge in [-0.15, -0.1) is 0 Å². The first-order valence-electron chi connectivity index (χ1n) is 8.99. The fourth-order valence-electron chi connectivity index (χ4n) is 3.53. The zero-order valence-electron chi connectivity index (χ0n) is 14.7. The number of rotatable bonds is 5. The number of nitrogens with one attached hydrogen (secondary N) is 1. The van der Waals surface area contributed by atoms with Crippen LogP contribution in [0.15, 0.2) is 48.5 Å². The summed E-state index contributed by atoms with van der Waals surface area (Å²) in [6, 6.07) is 15.8. The first-order chi connectivity index (χ1) is 12.1. The predicted molar refractivity (Wildman–Crippen MR) is 104 cm³/mol. The number of nitrogens with zero attached hydrogens (tertiary/aromatic N) is 1. The average molecular weight is 357 g/mol. The molecule has 0 bridgehead atoms. The van der Waals surface area contributed by atoms with Gasteiger partial charge < -0.3 is 5.32 Å². The minimum Gasteiger partial charge on any atom is -0.322 e. The van der Waals surface area contributed by atoms with E-state index in [0.717, 1.165) is 17.8 Å². The Labute approximate surface area is 155 Å². The molecule has 0 atom stereocenters. The zero-order chi connectivity index (χ0) is 17.6. The van der Waals surface area contributed by atoms with E-state index in [2.05, 4.69) is 23.3 Å². The Morgan fingerprint density at radius 1 is 1.08 bits per heavy atom. The van der Waals surface area contributed by atoms with Crippen molar-refractivity contribution in [3.8, 4) is 0 Å². The number of anilines is 1. The van der Waals surface area contributed by atoms with Crippen LogP contribution in [-0.4, -0.2) is 23.9 Å². The molecule has 1 aliphatic carbocycles. The Kier molecular flexibility index (Phi) is 6.11. The van der Waals surface area contributed by atoms with Crippen molar-refractivity contribution < 1.29 is 4.79 Å². The quantitative estimate of drug-likeness (QED) is 0.782. The second-order valence-electron chi connectivity index (χ2n) is 6.80. The van der Waals surface area contributed by atoms with E-state index in [1.165, 1.54) is 32.1 Å². The van der Waals surface area contributed by atoms with E-state index in [0.29, 0.717) is 16.6 Å². The molecule has 1 fully saturated rings. The highest BCUT2D eigenvalue weighted by Gasteiger charge is 2.19. The van der Waals surface area contributed by atoms with Crippen molar-refractivity contribution in [3.63, 3.8) is 0 Å². The maximum Gasteiger partial charge on any atom is 0.257 e. The first kappa shape index (κ1) is 18.0. The number of halogens is 1. The molecule has 0 aromatic heterocycles. The van der Waals surface area contributed by atoms with Gasteiger partial charge in [0.05, 0.1) is 10.6 Å². The number of carbonyl (C=O) groups is 1. The van der Waals surface area contributed by atoms with E-state index >= 15 is 0 Å². The van der Waals surface area contributed by atoms with Crippen molar-refractivity contribution in [3.05, 3.63) is 64.7 Å². The van der Waals surface area contributed by atoms with E-state index in [1.54, 1.807) is 12.1 Å². The number of benzene rings is 2. The third-order valence-electron chi connectivity index (χ3n) is 5.00. The van der Waals surface area contributed by atoms with Crippen LogP contribution in [0.3, 0.4) is 0 Å². The average Bonchev–Trinajstić information content (AvgIpc) is 2.64. The summed E-state index contributed by atoms with van der Waals surface area (Å²) in [6.07, 6.45) is 6.53. The van der Waals surface area contributed by atoms with Crippen LogP contribution in [0.1, 0.15) is 48.0 Å². The summed E-state index contributed by atoms with van der Waals surface area (Å²) in [5, 5.41) is 3.50. The highest BCUT2D eigenvalue weighted by atomic mass is 35.5. The van der Waals surface area contributed by atoms with E-state index in [1.807, 2.05) is 30.3 Å². The minimum absolute atomic E-state index is 0.168. The topological polar surface area (TPSA) is 32.3 Å². The van der Waals surface area contributed by atoms with Gasteiger partial charge >= 0.3 is 0 Å². The van der Waals surface area contributed by atoms with Gasteiger partial charge in [0.1, 0.15) is 0 Å². The summed E-state index contributed by atoms with van der Waals surface area (Å²) in [5.74, 6) is -0.168. The van der Waals surface area contributed by atoms with Crippen molar-refractivity contribution in [2.24, 2.45) is 0 Å². The molecule has 0 saturated heterocycles. The summed E-state index contributed by atoms with van der Waals surface area (Å²) >= 11 is 6.14. The molecule has 2 aromatic rings.